The maximum absolute atomic E-state index is 12.3. The summed E-state index contributed by atoms with van der Waals surface area (Å²) in [6, 6.07) is 1.97. The Morgan fingerprint density at radius 3 is 3.00 bits per heavy atom. The molecule has 24 heavy (non-hydrogen) atoms. The van der Waals surface area contributed by atoms with Crippen LogP contribution < -0.4 is 0 Å². The lowest BCUT2D eigenvalue weighted by molar-refractivity contribution is -0.136. The molecule has 0 spiro atoms. The molecular weight excluding hydrogens is 344 g/mol. The summed E-state index contributed by atoms with van der Waals surface area (Å²) >= 11 is 2.90. The van der Waals surface area contributed by atoms with Crippen LogP contribution in [0.1, 0.15) is 35.1 Å². The van der Waals surface area contributed by atoms with E-state index >= 15 is 0 Å². The minimum Gasteiger partial charge on any atom is -0.451 e. The van der Waals surface area contributed by atoms with Crippen LogP contribution in [0.2, 0.25) is 0 Å². The number of likely N-dealkylation sites (tertiary alicyclic amines) is 1. The zero-order valence-corrected chi connectivity index (χ0v) is 15.4. The number of rotatable bonds is 4. The number of thiophene rings is 1. The zero-order chi connectivity index (χ0) is 17.1. The highest BCUT2D eigenvalue weighted by molar-refractivity contribution is 7.17. The second-order valence-corrected chi connectivity index (χ2v) is 7.89. The fourth-order valence-electron chi connectivity index (χ4n) is 2.80. The van der Waals surface area contributed by atoms with Gasteiger partial charge in [-0.05, 0) is 37.1 Å². The first-order chi connectivity index (χ1) is 11.5. The molecule has 0 aromatic carbocycles. The molecular formula is C17H20N2O3S2. The molecule has 2 aromatic heterocycles. The van der Waals surface area contributed by atoms with Gasteiger partial charge in [0.2, 0.25) is 0 Å². The highest BCUT2D eigenvalue weighted by Gasteiger charge is 2.23. The number of carbonyl (C=O) groups is 2. The van der Waals surface area contributed by atoms with E-state index in [1.54, 1.807) is 23.2 Å². The summed E-state index contributed by atoms with van der Waals surface area (Å²) in [4.78, 5) is 31.2. The summed E-state index contributed by atoms with van der Waals surface area (Å²) in [5.41, 5.74) is 1.65. The standard InChI is InChI=1S/C17H20N2O3S2/c1-11-4-3-6-19(8-11)14(20)9-22-17(21)15-12(2)18-16(24-15)13-5-7-23-10-13/h5,7,10-11H,3-4,6,8-9H2,1-2H3. The van der Waals surface area contributed by atoms with Gasteiger partial charge in [0.05, 0.1) is 5.69 Å². The molecule has 1 atom stereocenters. The van der Waals surface area contributed by atoms with Crippen molar-refractivity contribution in [3.8, 4) is 10.6 Å². The Bertz CT molecular complexity index is 724. The molecule has 2 aromatic rings. The van der Waals surface area contributed by atoms with Gasteiger partial charge >= 0.3 is 5.97 Å². The van der Waals surface area contributed by atoms with Crippen molar-refractivity contribution in [1.82, 2.24) is 9.88 Å². The van der Waals surface area contributed by atoms with Gasteiger partial charge in [0.25, 0.3) is 5.91 Å². The van der Waals surface area contributed by atoms with Crippen LogP contribution in [0.15, 0.2) is 16.8 Å². The number of carbonyl (C=O) groups excluding carboxylic acids is 2. The number of esters is 1. The zero-order valence-electron chi connectivity index (χ0n) is 13.8. The molecule has 3 rings (SSSR count). The molecule has 7 heteroatoms. The van der Waals surface area contributed by atoms with Gasteiger partial charge in [0, 0.05) is 24.0 Å². The van der Waals surface area contributed by atoms with Gasteiger partial charge in [0.15, 0.2) is 6.61 Å². The lowest BCUT2D eigenvalue weighted by atomic mass is 10.0. The largest absolute Gasteiger partial charge is 0.451 e. The predicted molar refractivity (Wildman–Crippen MR) is 95.4 cm³/mol. The van der Waals surface area contributed by atoms with Gasteiger partial charge in [-0.1, -0.05) is 6.92 Å². The molecule has 0 saturated carbocycles. The Morgan fingerprint density at radius 2 is 2.29 bits per heavy atom. The van der Waals surface area contributed by atoms with Crippen LogP contribution in [0.4, 0.5) is 0 Å². The number of piperidine rings is 1. The molecule has 0 bridgehead atoms. The van der Waals surface area contributed by atoms with Gasteiger partial charge < -0.3 is 9.64 Å². The summed E-state index contributed by atoms with van der Waals surface area (Å²) in [7, 11) is 0. The Morgan fingerprint density at radius 1 is 1.46 bits per heavy atom. The van der Waals surface area contributed by atoms with Gasteiger partial charge in [-0.2, -0.15) is 11.3 Å². The summed E-state index contributed by atoms with van der Waals surface area (Å²) in [6.07, 6.45) is 2.16. The number of hydrogen-bond acceptors (Lipinski definition) is 6. The van der Waals surface area contributed by atoms with Gasteiger partial charge in [-0.15, -0.1) is 11.3 Å². The number of thiazole rings is 1. The summed E-state index contributed by atoms with van der Waals surface area (Å²) in [5.74, 6) is -0.0738. The number of hydrogen-bond donors (Lipinski definition) is 0. The van der Waals surface area contributed by atoms with Crippen molar-refractivity contribution in [2.75, 3.05) is 19.7 Å². The highest BCUT2D eigenvalue weighted by atomic mass is 32.1. The number of aryl methyl sites for hydroxylation is 1. The number of ether oxygens (including phenoxy) is 1. The van der Waals surface area contributed by atoms with Gasteiger partial charge in [-0.3, -0.25) is 4.79 Å². The minimum atomic E-state index is -0.468. The van der Waals surface area contributed by atoms with E-state index in [1.165, 1.54) is 11.3 Å². The smallest absolute Gasteiger partial charge is 0.350 e. The van der Waals surface area contributed by atoms with Crippen LogP contribution in [-0.2, 0) is 9.53 Å². The van der Waals surface area contributed by atoms with E-state index in [-0.39, 0.29) is 12.5 Å². The maximum atomic E-state index is 12.3. The molecule has 5 nitrogen and oxygen atoms in total. The Labute approximate surface area is 149 Å². The molecule has 1 aliphatic heterocycles. The SMILES string of the molecule is Cc1nc(-c2ccsc2)sc1C(=O)OCC(=O)N1CCCC(C)C1. The molecule has 3 heterocycles. The van der Waals surface area contributed by atoms with Crippen LogP contribution in [0.25, 0.3) is 10.6 Å². The van der Waals surface area contributed by atoms with E-state index in [9.17, 15) is 9.59 Å². The molecule has 1 amide bonds. The fourth-order valence-corrected chi connectivity index (χ4v) is 4.47. The van der Waals surface area contributed by atoms with Crippen molar-refractivity contribution in [2.24, 2.45) is 5.92 Å². The third kappa shape index (κ3) is 3.84. The third-order valence-electron chi connectivity index (χ3n) is 4.09. The lowest BCUT2D eigenvalue weighted by Gasteiger charge is -2.30. The average molecular weight is 364 g/mol. The van der Waals surface area contributed by atoms with Gasteiger partial charge in [0.1, 0.15) is 9.88 Å². The van der Waals surface area contributed by atoms with Crippen molar-refractivity contribution < 1.29 is 14.3 Å². The highest BCUT2D eigenvalue weighted by Crippen LogP contribution is 2.29. The van der Waals surface area contributed by atoms with E-state index < -0.39 is 5.97 Å². The molecule has 1 saturated heterocycles. The van der Waals surface area contributed by atoms with Crippen molar-refractivity contribution in [3.05, 3.63) is 27.4 Å². The maximum Gasteiger partial charge on any atom is 0.350 e. The van der Waals surface area contributed by atoms with Gasteiger partial charge in [-0.25, -0.2) is 9.78 Å². The summed E-state index contributed by atoms with van der Waals surface area (Å²) in [5, 5.41) is 4.77. The first kappa shape index (κ1) is 17.1. The van der Waals surface area contributed by atoms with Crippen molar-refractivity contribution >= 4 is 34.6 Å². The molecule has 1 unspecified atom stereocenters. The normalized spacial score (nSPS) is 17.8. The number of amides is 1. The van der Waals surface area contributed by atoms with E-state index in [0.29, 0.717) is 16.5 Å². The fraction of sp³-hybridized carbons (Fsp3) is 0.471. The van der Waals surface area contributed by atoms with Crippen LogP contribution >= 0.6 is 22.7 Å². The lowest BCUT2D eigenvalue weighted by Crippen LogP contribution is -2.41. The second-order valence-electron chi connectivity index (χ2n) is 6.11. The number of nitrogens with zero attached hydrogens (tertiary/aromatic N) is 2. The van der Waals surface area contributed by atoms with Crippen molar-refractivity contribution in [1.29, 1.82) is 0 Å². The molecule has 0 radical (unpaired) electrons. The Kier molecular flexibility index (Phi) is 5.30. The summed E-state index contributed by atoms with van der Waals surface area (Å²) < 4.78 is 5.23. The molecule has 0 N–H and O–H groups in total. The topological polar surface area (TPSA) is 59.5 Å². The van der Waals surface area contributed by atoms with Crippen molar-refractivity contribution in [2.45, 2.75) is 26.7 Å². The second kappa shape index (κ2) is 7.44. The third-order valence-corrected chi connectivity index (χ3v) is 5.96. The van der Waals surface area contributed by atoms with Crippen molar-refractivity contribution in [3.63, 3.8) is 0 Å². The van der Waals surface area contributed by atoms with E-state index in [4.69, 9.17) is 4.74 Å². The summed E-state index contributed by atoms with van der Waals surface area (Å²) in [6.45, 7) is 5.23. The minimum absolute atomic E-state index is 0.116. The molecule has 1 aliphatic rings. The van der Waals surface area contributed by atoms with E-state index in [0.717, 1.165) is 36.5 Å². The predicted octanol–water partition coefficient (Wildman–Crippen LogP) is 3.60. The van der Waals surface area contributed by atoms with Crippen LogP contribution in [0, 0.1) is 12.8 Å². The number of aromatic nitrogens is 1. The monoisotopic (exact) mass is 364 g/mol. The Hall–Kier alpha value is -1.73. The first-order valence-corrected chi connectivity index (χ1v) is 9.75. The van der Waals surface area contributed by atoms with Crippen LogP contribution in [0.3, 0.4) is 0 Å². The quantitative estimate of drug-likeness (QED) is 0.778. The van der Waals surface area contributed by atoms with Crippen LogP contribution in [0.5, 0.6) is 0 Å². The van der Waals surface area contributed by atoms with E-state index in [2.05, 4.69) is 11.9 Å². The molecule has 1 fully saturated rings. The molecule has 128 valence electrons. The first-order valence-electron chi connectivity index (χ1n) is 7.99. The molecule has 0 aliphatic carbocycles. The Balaban J connectivity index is 1.60. The van der Waals surface area contributed by atoms with Crippen LogP contribution in [-0.4, -0.2) is 41.5 Å². The average Bonchev–Trinajstić information content (AvgIpc) is 3.21. The van der Waals surface area contributed by atoms with E-state index in [1.807, 2.05) is 16.8 Å².